The van der Waals surface area contributed by atoms with E-state index in [0.717, 1.165) is 19.3 Å². The highest BCUT2D eigenvalue weighted by molar-refractivity contribution is 5.66. The maximum Gasteiger partial charge on any atom is 0.302 e. The van der Waals surface area contributed by atoms with Crippen LogP contribution in [0.2, 0.25) is 0 Å². The second-order valence-corrected chi connectivity index (χ2v) is 11.3. The van der Waals surface area contributed by atoms with Crippen LogP contribution >= 0.6 is 0 Å². The Morgan fingerprint density at radius 2 is 1.83 bits per heavy atom. The minimum atomic E-state index is -0.409. The summed E-state index contributed by atoms with van der Waals surface area (Å²) in [6.45, 7) is 8.78. The van der Waals surface area contributed by atoms with Gasteiger partial charge in [0.15, 0.2) is 0 Å². The number of aliphatic hydroxyl groups is 1. The summed E-state index contributed by atoms with van der Waals surface area (Å²) in [6, 6.07) is 10.6. The molecule has 5 nitrogen and oxygen atoms in total. The van der Waals surface area contributed by atoms with E-state index in [0.29, 0.717) is 12.5 Å². The Labute approximate surface area is 178 Å². The highest BCUT2D eigenvalue weighted by atomic mass is 16.7. The Morgan fingerprint density at radius 3 is 2.47 bits per heavy atom. The normalized spacial score (nSPS) is 52.2. The number of hydrogen-bond acceptors (Lipinski definition) is 5. The SMILES string of the molecule is CC(=O)O[C@@H]1C[C@]2(C)[C@@]34CC(c5ccccc5)[C@@H]3[C@H](O)C(C)(C)C[C@H]4O[C@H]1[C@@]21CO1. The lowest BCUT2D eigenvalue weighted by Crippen LogP contribution is -2.76. The molecule has 2 aliphatic heterocycles. The lowest BCUT2D eigenvalue weighted by Gasteiger charge is -2.73. The number of epoxide rings is 1. The first-order valence-electron chi connectivity index (χ1n) is 11.4. The molecule has 9 atom stereocenters. The van der Waals surface area contributed by atoms with Crippen LogP contribution in [-0.4, -0.2) is 47.7 Å². The van der Waals surface area contributed by atoms with Gasteiger partial charge >= 0.3 is 5.97 Å². The molecule has 2 saturated heterocycles. The summed E-state index contributed by atoms with van der Waals surface area (Å²) in [5, 5.41) is 11.7. The van der Waals surface area contributed by atoms with Gasteiger partial charge in [0, 0.05) is 23.7 Å². The van der Waals surface area contributed by atoms with Crippen molar-refractivity contribution >= 4 is 5.97 Å². The predicted octanol–water partition coefficient (Wildman–Crippen LogP) is 3.45. The molecule has 2 spiro atoms. The summed E-state index contributed by atoms with van der Waals surface area (Å²) in [5.74, 6) is 0.157. The maximum absolute atomic E-state index is 11.8. The van der Waals surface area contributed by atoms with E-state index in [1.807, 2.05) is 6.07 Å². The summed E-state index contributed by atoms with van der Waals surface area (Å²) in [4.78, 5) is 11.8. The molecule has 6 rings (SSSR count). The van der Waals surface area contributed by atoms with E-state index in [4.69, 9.17) is 14.2 Å². The molecule has 0 amide bonds. The number of benzene rings is 1. The van der Waals surface area contributed by atoms with E-state index >= 15 is 0 Å². The average Bonchev–Trinajstić information content (AvgIpc) is 3.42. The largest absolute Gasteiger partial charge is 0.460 e. The Morgan fingerprint density at radius 1 is 1.13 bits per heavy atom. The zero-order valence-corrected chi connectivity index (χ0v) is 18.3. The number of carbonyl (C=O) groups excluding carboxylic acids is 1. The van der Waals surface area contributed by atoms with Gasteiger partial charge in [0.05, 0.1) is 18.8 Å². The molecule has 1 aromatic rings. The predicted molar refractivity (Wildman–Crippen MR) is 110 cm³/mol. The molecule has 0 radical (unpaired) electrons. The number of aliphatic hydroxyl groups excluding tert-OH is 1. The van der Waals surface area contributed by atoms with Crippen molar-refractivity contribution in [3.05, 3.63) is 35.9 Å². The van der Waals surface area contributed by atoms with Crippen LogP contribution in [0.4, 0.5) is 0 Å². The molecule has 0 aromatic heterocycles. The first kappa shape index (κ1) is 19.3. The molecule has 1 aromatic carbocycles. The van der Waals surface area contributed by atoms with E-state index in [1.165, 1.54) is 12.5 Å². The monoisotopic (exact) mass is 412 g/mol. The first-order valence-corrected chi connectivity index (χ1v) is 11.4. The molecular formula is C25H32O5. The molecule has 30 heavy (non-hydrogen) atoms. The van der Waals surface area contributed by atoms with Gasteiger partial charge in [0.25, 0.3) is 0 Å². The third-order valence-electron chi connectivity index (χ3n) is 9.69. The molecular weight excluding hydrogens is 380 g/mol. The topological polar surface area (TPSA) is 68.3 Å². The minimum absolute atomic E-state index is 0.0474. The van der Waals surface area contributed by atoms with E-state index in [-0.39, 0.29) is 52.0 Å². The minimum Gasteiger partial charge on any atom is -0.460 e. The van der Waals surface area contributed by atoms with Crippen molar-refractivity contribution in [2.45, 2.75) is 82.9 Å². The number of hydrogen-bond donors (Lipinski definition) is 1. The van der Waals surface area contributed by atoms with Crippen LogP contribution in [0.3, 0.4) is 0 Å². The number of esters is 1. The molecule has 5 fully saturated rings. The Balaban J connectivity index is 1.47. The zero-order chi connectivity index (χ0) is 21.1. The zero-order valence-electron chi connectivity index (χ0n) is 18.3. The van der Waals surface area contributed by atoms with Gasteiger partial charge in [-0.2, -0.15) is 0 Å². The second-order valence-electron chi connectivity index (χ2n) is 11.3. The molecule has 3 aliphatic carbocycles. The van der Waals surface area contributed by atoms with Gasteiger partial charge in [0.1, 0.15) is 17.8 Å². The fourth-order valence-electron chi connectivity index (χ4n) is 8.22. The fourth-order valence-corrected chi connectivity index (χ4v) is 8.22. The van der Waals surface area contributed by atoms with Gasteiger partial charge in [-0.1, -0.05) is 51.1 Å². The van der Waals surface area contributed by atoms with E-state index < -0.39 is 6.10 Å². The van der Waals surface area contributed by atoms with Crippen LogP contribution in [0.1, 0.15) is 58.4 Å². The molecule has 1 unspecified atom stereocenters. The summed E-state index contributed by atoms with van der Waals surface area (Å²) < 4.78 is 18.7. The van der Waals surface area contributed by atoms with Crippen molar-refractivity contribution in [2.75, 3.05) is 6.61 Å². The quantitative estimate of drug-likeness (QED) is 0.595. The molecule has 2 heterocycles. The Hall–Kier alpha value is -1.43. The highest BCUT2D eigenvalue weighted by Gasteiger charge is 2.87. The Bertz CT molecular complexity index is 892. The Kier molecular flexibility index (Phi) is 3.64. The van der Waals surface area contributed by atoms with E-state index in [9.17, 15) is 9.90 Å². The summed E-state index contributed by atoms with van der Waals surface area (Å²) >= 11 is 0. The van der Waals surface area contributed by atoms with Crippen LogP contribution < -0.4 is 0 Å². The van der Waals surface area contributed by atoms with Gasteiger partial charge in [-0.15, -0.1) is 0 Å². The van der Waals surface area contributed by atoms with E-state index in [1.54, 1.807) is 0 Å². The molecule has 3 saturated carbocycles. The fraction of sp³-hybridized carbons (Fsp3) is 0.720. The van der Waals surface area contributed by atoms with Crippen molar-refractivity contribution in [2.24, 2.45) is 22.2 Å². The van der Waals surface area contributed by atoms with Crippen molar-refractivity contribution in [1.82, 2.24) is 0 Å². The third kappa shape index (κ3) is 2.03. The van der Waals surface area contributed by atoms with Gasteiger partial charge < -0.3 is 19.3 Å². The summed E-state index contributed by atoms with van der Waals surface area (Å²) in [6.07, 6.45) is 1.72. The van der Waals surface area contributed by atoms with Crippen molar-refractivity contribution < 1.29 is 24.1 Å². The first-order chi connectivity index (χ1) is 14.2. The van der Waals surface area contributed by atoms with E-state index in [2.05, 4.69) is 45.0 Å². The van der Waals surface area contributed by atoms with Gasteiger partial charge in [-0.3, -0.25) is 4.79 Å². The number of ether oxygens (including phenoxy) is 3. The average molecular weight is 413 g/mol. The molecule has 5 aliphatic rings. The summed E-state index contributed by atoms with van der Waals surface area (Å²) in [7, 11) is 0. The summed E-state index contributed by atoms with van der Waals surface area (Å²) in [5.41, 5.74) is 0.346. The van der Waals surface area contributed by atoms with Gasteiger partial charge in [0.2, 0.25) is 0 Å². The molecule has 2 bridgehead atoms. The third-order valence-corrected chi connectivity index (χ3v) is 9.69. The second kappa shape index (κ2) is 5.67. The standard InChI is InChI=1S/C25H32O5/c1-14(26)29-17-11-23(4)24-10-16(15-8-6-5-7-9-15)19(24)20(27)22(2,3)12-18(24)30-21(17)25(23)13-28-25/h5-9,16-21,27H,10-13H2,1-4H3/t16?,17-,18-,19-,20+,21-,23-,24-,25+/m1/s1. The number of rotatable bonds is 2. The van der Waals surface area contributed by atoms with Crippen LogP contribution in [0, 0.1) is 22.2 Å². The molecule has 162 valence electrons. The number of carbonyl (C=O) groups is 1. The molecule has 5 heteroatoms. The van der Waals surface area contributed by atoms with Gasteiger partial charge in [-0.05, 0) is 36.2 Å². The van der Waals surface area contributed by atoms with Crippen molar-refractivity contribution in [1.29, 1.82) is 0 Å². The van der Waals surface area contributed by atoms with Gasteiger partial charge in [-0.25, -0.2) is 0 Å². The van der Waals surface area contributed by atoms with Crippen LogP contribution in [0.25, 0.3) is 0 Å². The molecule has 1 N–H and O–H groups in total. The van der Waals surface area contributed by atoms with Crippen LogP contribution in [0.5, 0.6) is 0 Å². The highest BCUT2D eigenvalue weighted by Crippen LogP contribution is 2.81. The van der Waals surface area contributed by atoms with Crippen LogP contribution in [-0.2, 0) is 19.0 Å². The lowest BCUT2D eigenvalue weighted by atomic mass is 9.33. The smallest absolute Gasteiger partial charge is 0.302 e. The maximum atomic E-state index is 11.8. The lowest BCUT2D eigenvalue weighted by molar-refractivity contribution is -0.326. The van der Waals surface area contributed by atoms with Crippen LogP contribution in [0.15, 0.2) is 30.3 Å². The van der Waals surface area contributed by atoms with Crippen molar-refractivity contribution in [3.63, 3.8) is 0 Å². The van der Waals surface area contributed by atoms with Crippen molar-refractivity contribution in [3.8, 4) is 0 Å².